The monoisotopic (exact) mass is 423 g/mol. The van der Waals surface area contributed by atoms with Gasteiger partial charge in [-0.3, -0.25) is 24.6 Å². The maximum absolute atomic E-state index is 12.7. The molecule has 2 aromatic carbocycles. The molecule has 3 rings (SSSR count). The number of carbonyl (C=O) groups excluding carboxylic acids is 5. The van der Waals surface area contributed by atoms with Crippen molar-refractivity contribution in [1.29, 1.82) is 0 Å². The predicted octanol–water partition coefficient (Wildman–Crippen LogP) is 2.08. The molecule has 1 fully saturated rings. The smallest absolute Gasteiger partial charge is 0.339 e. The molecule has 1 aliphatic heterocycles. The van der Waals surface area contributed by atoms with Crippen LogP contribution in [0.5, 0.6) is 0 Å². The second-order valence-electron chi connectivity index (χ2n) is 6.71. The molecule has 31 heavy (non-hydrogen) atoms. The Labute approximate surface area is 178 Å². The van der Waals surface area contributed by atoms with E-state index in [4.69, 9.17) is 4.74 Å². The summed E-state index contributed by atoms with van der Waals surface area (Å²) in [6.07, 6.45) is -1.04. The van der Waals surface area contributed by atoms with Crippen molar-refractivity contribution in [2.75, 3.05) is 11.4 Å². The first-order valence-corrected chi connectivity index (χ1v) is 9.71. The van der Waals surface area contributed by atoms with Gasteiger partial charge < -0.3 is 10.1 Å². The summed E-state index contributed by atoms with van der Waals surface area (Å²) in [4.78, 5) is 61.7. The Bertz CT molecular complexity index is 988. The molecule has 0 aromatic heterocycles. The quantitative estimate of drug-likeness (QED) is 0.542. The second-order valence-corrected chi connectivity index (χ2v) is 6.71. The van der Waals surface area contributed by atoms with Crippen LogP contribution in [0.2, 0.25) is 0 Å². The molecule has 0 bridgehead atoms. The molecule has 9 nitrogen and oxygen atoms in total. The molecule has 1 heterocycles. The number of ether oxygens (including phenoxy) is 1. The lowest BCUT2D eigenvalue weighted by Crippen LogP contribution is -2.42. The fourth-order valence-corrected chi connectivity index (χ4v) is 3.07. The van der Waals surface area contributed by atoms with Crippen molar-refractivity contribution >= 4 is 35.4 Å². The topological polar surface area (TPSA) is 122 Å². The third-order valence-corrected chi connectivity index (χ3v) is 4.55. The van der Waals surface area contributed by atoms with Crippen LogP contribution in [0.15, 0.2) is 54.6 Å². The highest BCUT2D eigenvalue weighted by atomic mass is 16.5. The van der Waals surface area contributed by atoms with Gasteiger partial charge in [0, 0.05) is 24.9 Å². The summed E-state index contributed by atoms with van der Waals surface area (Å²) in [7, 11) is 0. The first-order chi connectivity index (χ1) is 14.9. The maximum atomic E-state index is 12.7. The molecule has 1 saturated heterocycles. The van der Waals surface area contributed by atoms with Crippen LogP contribution in [0.4, 0.5) is 10.5 Å². The van der Waals surface area contributed by atoms with Crippen molar-refractivity contribution in [2.45, 2.75) is 25.9 Å². The molecule has 0 aliphatic carbocycles. The van der Waals surface area contributed by atoms with Crippen molar-refractivity contribution in [1.82, 2.24) is 10.6 Å². The first-order valence-electron chi connectivity index (χ1n) is 9.71. The Morgan fingerprint density at radius 2 is 1.58 bits per heavy atom. The van der Waals surface area contributed by atoms with Crippen LogP contribution >= 0.6 is 0 Å². The average molecular weight is 423 g/mol. The summed E-state index contributed by atoms with van der Waals surface area (Å²) < 4.78 is 5.39. The molecule has 0 spiro atoms. The zero-order valence-corrected chi connectivity index (χ0v) is 16.8. The highest BCUT2D eigenvalue weighted by Gasteiger charge is 2.31. The zero-order chi connectivity index (χ0) is 22.4. The van der Waals surface area contributed by atoms with Gasteiger partial charge in [0.05, 0.1) is 11.3 Å². The minimum Gasteiger partial charge on any atom is -0.444 e. The molecule has 5 amide bonds. The number of hydrogen-bond acceptors (Lipinski definition) is 6. The lowest BCUT2D eigenvalue weighted by atomic mass is 10.1. The molecule has 1 aliphatic rings. The van der Waals surface area contributed by atoms with Crippen LogP contribution < -0.4 is 15.5 Å². The molecule has 0 saturated carbocycles. The highest BCUT2D eigenvalue weighted by molar-refractivity contribution is 6.19. The lowest BCUT2D eigenvalue weighted by Gasteiger charge is -2.18. The SMILES string of the molecule is CCNC(=O)NC(=O)C(OC(=O)c1ccc(N2C(=O)CCC2=O)cc1)c1ccccc1. The Hall–Kier alpha value is -4.01. The number of benzene rings is 2. The van der Waals surface area contributed by atoms with Crippen molar-refractivity contribution in [3.63, 3.8) is 0 Å². The van der Waals surface area contributed by atoms with E-state index in [0.29, 0.717) is 17.8 Å². The van der Waals surface area contributed by atoms with Crippen LogP contribution in [0.1, 0.15) is 41.8 Å². The van der Waals surface area contributed by atoms with Gasteiger partial charge >= 0.3 is 12.0 Å². The van der Waals surface area contributed by atoms with Crippen molar-refractivity contribution in [3.05, 3.63) is 65.7 Å². The number of urea groups is 1. The summed E-state index contributed by atoms with van der Waals surface area (Å²) in [5.41, 5.74) is 0.870. The Kier molecular flexibility index (Phi) is 6.76. The van der Waals surface area contributed by atoms with Gasteiger partial charge in [-0.15, -0.1) is 0 Å². The lowest BCUT2D eigenvalue weighted by molar-refractivity contribution is -0.129. The van der Waals surface area contributed by atoms with Gasteiger partial charge in [0.25, 0.3) is 5.91 Å². The van der Waals surface area contributed by atoms with Gasteiger partial charge in [-0.2, -0.15) is 0 Å². The van der Waals surface area contributed by atoms with Crippen LogP contribution in [-0.2, 0) is 19.1 Å². The number of nitrogens with zero attached hydrogens (tertiary/aromatic N) is 1. The summed E-state index contributed by atoms with van der Waals surface area (Å²) in [6, 6.07) is 13.3. The fourth-order valence-electron chi connectivity index (χ4n) is 3.07. The minimum atomic E-state index is -1.35. The van der Waals surface area contributed by atoms with Gasteiger partial charge in [0.1, 0.15) is 0 Å². The number of rotatable bonds is 6. The Balaban J connectivity index is 1.77. The van der Waals surface area contributed by atoms with Crippen LogP contribution in [0, 0.1) is 0 Å². The van der Waals surface area contributed by atoms with Gasteiger partial charge in [-0.25, -0.2) is 9.59 Å². The summed E-state index contributed by atoms with van der Waals surface area (Å²) in [5, 5.41) is 4.58. The molecule has 0 radical (unpaired) electrons. The number of amides is 5. The van der Waals surface area contributed by atoms with E-state index in [-0.39, 0.29) is 30.2 Å². The summed E-state index contributed by atoms with van der Waals surface area (Å²) in [6.45, 7) is 2.02. The first kappa shape index (κ1) is 21.7. The zero-order valence-electron chi connectivity index (χ0n) is 16.8. The highest BCUT2D eigenvalue weighted by Crippen LogP contribution is 2.24. The van der Waals surface area contributed by atoms with E-state index in [0.717, 1.165) is 4.90 Å². The Morgan fingerprint density at radius 1 is 0.968 bits per heavy atom. The van der Waals surface area contributed by atoms with Crippen molar-refractivity contribution in [3.8, 4) is 0 Å². The largest absolute Gasteiger partial charge is 0.444 e. The molecule has 9 heteroatoms. The summed E-state index contributed by atoms with van der Waals surface area (Å²) in [5.74, 6) is -2.20. The average Bonchev–Trinajstić information content (AvgIpc) is 3.10. The third kappa shape index (κ3) is 5.13. The Morgan fingerprint density at radius 3 is 2.16 bits per heavy atom. The summed E-state index contributed by atoms with van der Waals surface area (Å²) >= 11 is 0. The van der Waals surface area contributed by atoms with Gasteiger partial charge in [-0.1, -0.05) is 30.3 Å². The van der Waals surface area contributed by atoms with Crippen molar-refractivity contribution < 1.29 is 28.7 Å². The second kappa shape index (κ2) is 9.66. The van der Waals surface area contributed by atoms with E-state index < -0.39 is 24.0 Å². The van der Waals surface area contributed by atoms with E-state index in [2.05, 4.69) is 10.6 Å². The van der Waals surface area contributed by atoms with E-state index >= 15 is 0 Å². The predicted molar refractivity (Wildman–Crippen MR) is 110 cm³/mol. The minimum absolute atomic E-state index is 0.120. The number of carbonyl (C=O) groups is 5. The number of hydrogen-bond donors (Lipinski definition) is 2. The third-order valence-electron chi connectivity index (χ3n) is 4.55. The van der Waals surface area contributed by atoms with Crippen molar-refractivity contribution in [2.24, 2.45) is 0 Å². The molecule has 2 N–H and O–H groups in total. The number of anilines is 1. The molecular weight excluding hydrogens is 402 g/mol. The van der Waals surface area contributed by atoms with Crippen LogP contribution in [0.3, 0.4) is 0 Å². The standard InChI is InChI=1S/C22H21N3O6/c1-2-23-22(30)24-20(28)19(14-6-4-3-5-7-14)31-21(29)15-8-10-16(11-9-15)25-17(26)12-13-18(25)27/h3-11,19H,2,12-13H2,1H3,(H2,23,24,28,30). The van der Waals surface area contributed by atoms with E-state index in [1.54, 1.807) is 37.3 Å². The number of esters is 1. The molecule has 2 aromatic rings. The molecule has 1 atom stereocenters. The molecular formula is C22H21N3O6. The van der Waals surface area contributed by atoms with Crippen LogP contribution in [0.25, 0.3) is 0 Å². The van der Waals surface area contributed by atoms with E-state index in [1.807, 2.05) is 0 Å². The van der Waals surface area contributed by atoms with E-state index in [9.17, 15) is 24.0 Å². The van der Waals surface area contributed by atoms with Gasteiger partial charge in [0.2, 0.25) is 17.9 Å². The number of nitrogens with one attached hydrogen (secondary N) is 2. The number of imide groups is 2. The van der Waals surface area contributed by atoms with Gasteiger partial charge in [0.15, 0.2) is 0 Å². The maximum Gasteiger partial charge on any atom is 0.339 e. The van der Waals surface area contributed by atoms with Crippen LogP contribution in [-0.4, -0.2) is 36.3 Å². The molecule has 160 valence electrons. The van der Waals surface area contributed by atoms with E-state index in [1.165, 1.54) is 24.3 Å². The fraction of sp³-hybridized carbons (Fsp3) is 0.227. The van der Waals surface area contributed by atoms with Gasteiger partial charge in [-0.05, 0) is 31.2 Å². The molecule has 1 unspecified atom stereocenters. The normalized spacial score (nSPS) is 14.2.